The van der Waals surface area contributed by atoms with Crippen LogP contribution in [0.15, 0.2) is 52.0 Å². The van der Waals surface area contributed by atoms with Crippen LogP contribution >= 0.6 is 0 Å². The Morgan fingerprint density at radius 1 is 1.13 bits per heavy atom. The van der Waals surface area contributed by atoms with Gasteiger partial charge in [-0.1, -0.05) is 32.0 Å². The third kappa shape index (κ3) is 4.22. The van der Waals surface area contributed by atoms with Crippen molar-refractivity contribution in [1.82, 2.24) is 5.32 Å². The highest BCUT2D eigenvalue weighted by Crippen LogP contribution is 2.20. The van der Waals surface area contributed by atoms with Crippen LogP contribution < -0.4 is 5.32 Å². The highest BCUT2D eigenvalue weighted by Gasteiger charge is 2.23. The third-order valence-corrected chi connectivity index (χ3v) is 5.40. The van der Waals surface area contributed by atoms with Crippen LogP contribution in [0.5, 0.6) is 0 Å². The summed E-state index contributed by atoms with van der Waals surface area (Å²) in [6.45, 7) is 3.97. The van der Waals surface area contributed by atoms with E-state index >= 15 is 0 Å². The van der Waals surface area contributed by atoms with E-state index in [9.17, 15) is 13.2 Å². The van der Waals surface area contributed by atoms with Gasteiger partial charge in [0.15, 0.2) is 15.6 Å². The minimum Gasteiger partial charge on any atom is -0.459 e. The molecule has 0 atom stereocenters. The van der Waals surface area contributed by atoms with Gasteiger partial charge in [-0.25, -0.2) is 8.42 Å². The zero-order valence-corrected chi connectivity index (χ0v) is 14.1. The van der Waals surface area contributed by atoms with E-state index < -0.39 is 9.84 Å². The van der Waals surface area contributed by atoms with E-state index in [4.69, 9.17) is 4.42 Å². The Labute approximate surface area is 136 Å². The number of amides is 1. The average Bonchev–Trinajstić information content (AvgIpc) is 3.00. The Morgan fingerprint density at radius 2 is 1.78 bits per heavy atom. The number of hydrogen-bond acceptors (Lipinski definition) is 4. The maximum Gasteiger partial charge on any atom is 0.287 e. The molecule has 0 radical (unpaired) electrons. The van der Waals surface area contributed by atoms with Crippen LogP contribution in [-0.2, 0) is 15.6 Å². The third-order valence-electron chi connectivity index (χ3n) is 3.72. The number of furan rings is 1. The van der Waals surface area contributed by atoms with Crippen LogP contribution in [0.1, 0.15) is 42.8 Å². The summed E-state index contributed by atoms with van der Waals surface area (Å²) in [4.78, 5) is 12.5. The molecule has 0 aliphatic heterocycles. The zero-order chi connectivity index (χ0) is 16.9. The second-order valence-corrected chi connectivity index (χ2v) is 7.32. The fraction of sp³-hybridized carbons (Fsp3) is 0.353. The summed E-state index contributed by atoms with van der Waals surface area (Å²) < 4.78 is 30.1. The second kappa shape index (κ2) is 7.46. The van der Waals surface area contributed by atoms with Crippen molar-refractivity contribution in [2.24, 2.45) is 0 Å². The molecular formula is C17H21NO4S. The summed E-state index contributed by atoms with van der Waals surface area (Å²) in [5.74, 6) is -0.572. The molecule has 1 aromatic heterocycles. The van der Waals surface area contributed by atoms with Crippen molar-refractivity contribution >= 4 is 15.7 Å². The van der Waals surface area contributed by atoms with E-state index in [-0.39, 0.29) is 28.4 Å². The number of benzene rings is 1. The molecule has 0 aliphatic rings. The van der Waals surface area contributed by atoms with E-state index in [1.807, 2.05) is 13.8 Å². The van der Waals surface area contributed by atoms with Crippen LogP contribution in [0.25, 0.3) is 0 Å². The first-order valence-electron chi connectivity index (χ1n) is 7.63. The van der Waals surface area contributed by atoms with Gasteiger partial charge in [0.1, 0.15) is 0 Å². The summed E-state index contributed by atoms with van der Waals surface area (Å²) in [6.07, 6.45) is 2.96. The quantitative estimate of drug-likeness (QED) is 0.843. The number of carbonyl (C=O) groups excluding carboxylic acids is 1. The van der Waals surface area contributed by atoms with Gasteiger partial charge in [-0.2, -0.15) is 0 Å². The molecule has 124 valence electrons. The molecule has 1 amide bonds. The Morgan fingerprint density at radius 3 is 2.39 bits per heavy atom. The van der Waals surface area contributed by atoms with Gasteiger partial charge >= 0.3 is 0 Å². The van der Waals surface area contributed by atoms with Crippen LogP contribution in [0, 0.1) is 0 Å². The SMILES string of the molecule is CCC(CC)NC(=O)c1occc1CS(=O)(=O)c1ccccc1. The fourth-order valence-corrected chi connectivity index (χ4v) is 3.68. The Bertz CT molecular complexity index is 746. The van der Waals surface area contributed by atoms with Crippen molar-refractivity contribution in [3.8, 4) is 0 Å². The molecule has 0 aliphatic carbocycles. The first-order valence-corrected chi connectivity index (χ1v) is 9.28. The van der Waals surface area contributed by atoms with Gasteiger partial charge in [0.2, 0.25) is 0 Å². The number of rotatable bonds is 7. The molecule has 0 saturated heterocycles. The highest BCUT2D eigenvalue weighted by molar-refractivity contribution is 7.90. The molecule has 1 aromatic carbocycles. The van der Waals surface area contributed by atoms with Crippen molar-refractivity contribution in [3.05, 3.63) is 54.0 Å². The topological polar surface area (TPSA) is 76.4 Å². The van der Waals surface area contributed by atoms with Crippen molar-refractivity contribution < 1.29 is 17.6 Å². The number of hydrogen-bond donors (Lipinski definition) is 1. The molecule has 0 bridgehead atoms. The minimum atomic E-state index is -3.52. The lowest BCUT2D eigenvalue weighted by Crippen LogP contribution is -2.34. The van der Waals surface area contributed by atoms with Gasteiger partial charge < -0.3 is 9.73 Å². The molecule has 1 heterocycles. The molecule has 5 nitrogen and oxygen atoms in total. The standard InChI is InChI=1S/C17H21NO4S/c1-3-14(4-2)18-17(19)16-13(10-11-22-16)12-23(20,21)15-8-6-5-7-9-15/h5-11,14H,3-4,12H2,1-2H3,(H,18,19). The first-order chi connectivity index (χ1) is 11.0. The van der Waals surface area contributed by atoms with E-state index in [2.05, 4.69) is 5.32 Å². The summed E-state index contributed by atoms with van der Waals surface area (Å²) in [7, 11) is -3.52. The highest BCUT2D eigenvalue weighted by atomic mass is 32.2. The van der Waals surface area contributed by atoms with Gasteiger partial charge in [-0.3, -0.25) is 4.79 Å². The molecule has 0 unspecified atom stereocenters. The summed E-state index contributed by atoms with van der Waals surface area (Å²) in [6, 6.07) is 9.75. The molecule has 0 fully saturated rings. The predicted octanol–water partition coefficient (Wildman–Crippen LogP) is 3.17. The average molecular weight is 335 g/mol. The monoisotopic (exact) mass is 335 g/mol. The van der Waals surface area contributed by atoms with Crippen molar-refractivity contribution in [1.29, 1.82) is 0 Å². The van der Waals surface area contributed by atoms with Crippen molar-refractivity contribution in [3.63, 3.8) is 0 Å². The van der Waals surface area contributed by atoms with E-state index in [0.717, 1.165) is 12.8 Å². The predicted molar refractivity (Wildman–Crippen MR) is 87.9 cm³/mol. The number of sulfone groups is 1. The molecule has 0 saturated carbocycles. The van der Waals surface area contributed by atoms with Crippen LogP contribution in [0.2, 0.25) is 0 Å². The van der Waals surface area contributed by atoms with Crippen LogP contribution in [0.4, 0.5) is 0 Å². The molecule has 0 spiro atoms. The van der Waals surface area contributed by atoms with E-state index in [1.54, 1.807) is 30.3 Å². The van der Waals surface area contributed by atoms with Gasteiger partial charge in [-0.15, -0.1) is 0 Å². The normalized spacial score (nSPS) is 11.6. The summed E-state index contributed by atoms with van der Waals surface area (Å²) in [5, 5.41) is 2.86. The maximum absolute atomic E-state index is 12.4. The minimum absolute atomic E-state index is 0.0474. The molecular weight excluding hydrogens is 314 g/mol. The molecule has 23 heavy (non-hydrogen) atoms. The smallest absolute Gasteiger partial charge is 0.287 e. The van der Waals surface area contributed by atoms with Gasteiger partial charge in [0.05, 0.1) is 16.9 Å². The van der Waals surface area contributed by atoms with Gasteiger partial charge in [0, 0.05) is 11.6 Å². The Balaban J connectivity index is 2.20. The Kier molecular flexibility index (Phi) is 5.60. The van der Waals surface area contributed by atoms with Crippen molar-refractivity contribution in [2.75, 3.05) is 0 Å². The molecule has 6 heteroatoms. The number of nitrogens with one attached hydrogen (secondary N) is 1. The maximum atomic E-state index is 12.4. The van der Waals surface area contributed by atoms with E-state index in [0.29, 0.717) is 5.56 Å². The first kappa shape index (κ1) is 17.3. The molecule has 2 rings (SSSR count). The molecule has 2 aromatic rings. The van der Waals surface area contributed by atoms with Crippen LogP contribution in [0.3, 0.4) is 0 Å². The lowest BCUT2D eigenvalue weighted by atomic mass is 10.1. The lowest BCUT2D eigenvalue weighted by molar-refractivity contribution is 0.0906. The zero-order valence-electron chi connectivity index (χ0n) is 13.3. The second-order valence-electron chi connectivity index (χ2n) is 5.33. The largest absolute Gasteiger partial charge is 0.459 e. The van der Waals surface area contributed by atoms with Crippen LogP contribution in [-0.4, -0.2) is 20.4 Å². The van der Waals surface area contributed by atoms with Gasteiger partial charge in [-0.05, 0) is 31.0 Å². The van der Waals surface area contributed by atoms with Crippen molar-refractivity contribution in [2.45, 2.75) is 43.4 Å². The fourth-order valence-electron chi connectivity index (χ4n) is 2.31. The summed E-state index contributed by atoms with van der Waals surface area (Å²) >= 11 is 0. The van der Waals surface area contributed by atoms with E-state index in [1.165, 1.54) is 12.3 Å². The van der Waals surface area contributed by atoms with Gasteiger partial charge in [0.25, 0.3) is 5.91 Å². The Hall–Kier alpha value is -2.08. The lowest BCUT2D eigenvalue weighted by Gasteiger charge is -2.14. The molecule has 1 N–H and O–H groups in total. The number of carbonyl (C=O) groups is 1. The summed E-state index contributed by atoms with van der Waals surface area (Å²) in [5.41, 5.74) is 0.373.